The highest BCUT2D eigenvalue weighted by Crippen LogP contribution is 2.16. The molecule has 0 fully saturated rings. The fraction of sp³-hybridized carbons (Fsp3) is 0.300. The fourth-order valence-corrected chi connectivity index (χ4v) is 0.971. The smallest absolute Gasteiger partial charge is 0.211 e. The van der Waals surface area contributed by atoms with E-state index < -0.39 is 0 Å². The minimum absolute atomic E-state index is 0. The summed E-state index contributed by atoms with van der Waals surface area (Å²) in [5.41, 5.74) is 3.21. The van der Waals surface area contributed by atoms with Crippen LogP contribution < -0.4 is 5.32 Å². The Labute approximate surface area is 73.6 Å². The molecule has 0 atom stereocenters. The van der Waals surface area contributed by atoms with Gasteiger partial charge in [0.1, 0.15) is 0 Å². The molecule has 2 heteroatoms. The van der Waals surface area contributed by atoms with Gasteiger partial charge in [-0.15, -0.1) is 0 Å². The first kappa shape index (κ1) is 10.7. The maximum absolute atomic E-state index is 10.1. The molecule has 1 aromatic rings. The molecule has 0 radical (unpaired) electrons. The van der Waals surface area contributed by atoms with Crippen molar-refractivity contribution in [1.29, 1.82) is 0 Å². The van der Waals surface area contributed by atoms with Gasteiger partial charge >= 0.3 is 0 Å². The largest absolute Gasteiger partial charge is 0.328 e. The predicted octanol–water partition coefficient (Wildman–Crippen LogP) is 2.51. The second-order valence-corrected chi connectivity index (χ2v) is 2.51. The number of carbonyl (C=O) groups excluding carboxylic acids is 1. The van der Waals surface area contributed by atoms with Gasteiger partial charge in [-0.3, -0.25) is 4.79 Å². The highest BCUT2D eigenvalue weighted by atomic mass is 16.1. The Bertz CT molecular complexity index is 269. The molecule has 1 aromatic carbocycles. The number of hydrogen-bond acceptors (Lipinski definition) is 1. The average Bonchev–Trinajstić information content (AvgIpc) is 1.99. The lowest BCUT2D eigenvalue weighted by molar-refractivity contribution is -0.105. The lowest BCUT2D eigenvalue weighted by Gasteiger charge is -2.05. The Morgan fingerprint density at radius 2 is 2.00 bits per heavy atom. The molecule has 1 amide bonds. The van der Waals surface area contributed by atoms with Crippen LogP contribution in [0.1, 0.15) is 18.6 Å². The van der Waals surface area contributed by atoms with Crippen LogP contribution in [0.4, 0.5) is 5.69 Å². The van der Waals surface area contributed by atoms with Gasteiger partial charge in [-0.05, 0) is 31.0 Å². The maximum Gasteiger partial charge on any atom is 0.211 e. The number of hydrogen-bond donors (Lipinski definition) is 1. The van der Waals surface area contributed by atoms with E-state index >= 15 is 0 Å². The van der Waals surface area contributed by atoms with Crippen molar-refractivity contribution in [2.75, 3.05) is 5.32 Å². The van der Waals surface area contributed by atoms with Crippen LogP contribution in [0.25, 0.3) is 0 Å². The number of amides is 1. The number of aryl methyl sites for hydroxylation is 1. The van der Waals surface area contributed by atoms with Crippen molar-refractivity contribution >= 4 is 12.1 Å². The van der Waals surface area contributed by atoms with Gasteiger partial charge in [0.2, 0.25) is 6.41 Å². The summed E-state index contributed by atoms with van der Waals surface area (Å²) in [6.07, 6.45) is 0.696. The fourth-order valence-electron chi connectivity index (χ4n) is 0.971. The minimum atomic E-state index is 0. The molecule has 0 saturated carbocycles. The first-order valence-electron chi connectivity index (χ1n) is 3.52. The third kappa shape index (κ3) is 2.09. The lowest BCUT2D eigenvalue weighted by Crippen LogP contribution is -1.96. The molecule has 0 unspecified atom stereocenters. The lowest BCUT2D eigenvalue weighted by atomic mass is 10.1. The SMILES string of the molecule is C.Cc1cccc(NC=O)c1C. The van der Waals surface area contributed by atoms with Crippen LogP contribution in [0.2, 0.25) is 0 Å². The third-order valence-corrected chi connectivity index (χ3v) is 1.82. The van der Waals surface area contributed by atoms with Crippen LogP contribution >= 0.6 is 0 Å². The number of anilines is 1. The molecule has 1 N–H and O–H groups in total. The Balaban J connectivity index is 0.00000121. The number of nitrogens with one attached hydrogen (secondary N) is 1. The zero-order chi connectivity index (χ0) is 8.27. The van der Waals surface area contributed by atoms with Gasteiger partial charge < -0.3 is 5.32 Å². The van der Waals surface area contributed by atoms with Crippen molar-refractivity contribution < 1.29 is 4.79 Å². The van der Waals surface area contributed by atoms with E-state index in [9.17, 15) is 4.79 Å². The molecule has 0 heterocycles. The molecule has 0 saturated heterocycles. The van der Waals surface area contributed by atoms with Crippen molar-refractivity contribution in [2.45, 2.75) is 21.3 Å². The summed E-state index contributed by atoms with van der Waals surface area (Å²) in [4.78, 5) is 10.1. The topological polar surface area (TPSA) is 29.1 Å². The van der Waals surface area contributed by atoms with Crippen molar-refractivity contribution in [3.05, 3.63) is 29.3 Å². The molecular weight excluding hydrogens is 150 g/mol. The zero-order valence-corrected chi connectivity index (χ0v) is 6.72. The van der Waals surface area contributed by atoms with Crippen LogP contribution in [0.3, 0.4) is 0 Å². The molecule has 0 aliphatic heterocycles. The van der Waals surface area contributed by atoms with E-state index in [1.165, 1.54) is 5.56 Å². The molecule has 1 rings (SSSR count). The van der Waals surface area contributed by atoms with Crippen molar-refractivity contribution in [3.8, 4) is 0 Å². The zero-order valence-electron chi connectivity index (χ0n) is 6.72. The summed E-state index contributed by atoms with van der Waals surface area (Å²) in [7, 11) is 0. The molecule has 66 valence electrons. The molecule has 0 aliphatic rings. The summed E-state index contributed by atoms with van der Waals surface area (Å²) in [5.74, 6) is 0. The van der Waals surface area contributed by atoms with E-state index in [1.54, 1.807) is 0 Å². The average molecular weight is 165 g/mol. The second-order valence-electron chi connectivity index (χ2n) is 2.51. The second kappa shape index (κ2) is 4.54. The van der Waals surface area contributed by atoms with E-state index in [0.717, 1.165) is 11.3 Å². The van der Waals surface area contributed by atoms with Gasteiger partial charge in [0, 0.05) is 5.69 Å². The van der Waals surface area contributed by atoms with Crippen LogP contribution in [0, 0.1) is 13.8 Å². The quantitative estimate of drug-likeness (QED) is 0.670. The number of benzene rings is 1. The van der Waals surface area contributed by atoms with E-state index in [1.807, 2.05) is 32.0 Å². The van der Waals surface area contributed by atoms with Crippen molar-refractivity contribution in [3.63, 3.8) is 0 Å². The van der Waals surface area contributed by atoms with E-state index in [-0.39, 0.29) is 7.43 Å². The molecule has 0 aromatic heterocycles. The summed E-state index contributed by atoms with van der Waals surface area (Å²) in [6, 6.07) is 5.83. The number of carbonyl (C=O) groups is 1. The van der Waals surface area contributed by atoms with Gasteiger partial charge in [-0.1, -0.05) is 19.6 Å². The van der Waals surface area contributed by atoms with Gasteiger partial charge in [-0.25, -0.2) is 0 Å². The monoisotopic (exact) mass is 165 g/mol. The van der Waals surface area contributed by atoms with Crippen LogP contribution in [-0.4, -0.2) is 6.41 Å². The van der Waals surface area contributed by atoms with Crippen LogP contribution in [0.15, 0.2) is 18.2 Å². The minimum Gasteiger partial charge on any atom is -0.328 e. The normalized spacial score (nSPS) is 8.50. The van der Waals surface area contributed by atoms with Gasteiger partial charge in [0.05, 0.1) is 0 Å². The predicted molar refractivity (Wildman–Crippen MR) is 52.3 cm³/mol. The molecule has 2 nitrogen and oxygen atoms in total. The molecule has 0 spiro atoms. The molecule has 0 bridgehead atoms. The molecule has 0 aliphatic carbocycles. The van der Waals surface area contributed by atoms with Crippen molar-refractivity contribution in [2.24, 2.45) is 0 Å². The highest BCUT2D eigenvalue weighted by molar-refractivity contribution is 5.73. The van der Waals surface area contributed by atoms with E-state index in [4.69, 9.17) is 0 Å². The Morgan fingerprint density at radius 1 is 1.33 bits per heavy atom. The number of rotatable bonds is 2. The summed E-state index contributed by atoms with van der Waals surface area (Å²) >= 11 is 0. The van der Waals surface area contributed by atoms with Gasteiger partial charge in [0.15, 0.2) is 0 Å². The first-order chi connectivity index (χ1) is 5.25. The third-order valence-electron chi connectivity index (χ3n) is 1.82. The highest BCUT2D eigenvalue weighted by Gasteiger charge is 1.97. The van der Waals surface area contributed by atoms with E-state index in [0.29, 0.717) is 6.41 Å². The van der Waals surface area contributed by atoms with Crippen LogP contribution in [-0.2, 0) is 4.79 Å². The van der Waals surface area contributed by atoms with Crippen molar-refractivity contribution in [1.82, 2.24) is 0 Å². The van der Waals surface area contributed by atoms with Crippen LogP contribution in [0.5, 0.6) is 0 Å². The maximum atomic E-state index is 10.1. The first-order valence-corrected chi connectivity index (χ1v) is 3.52. The standard InChI is InChI=1S/C9H11NO.CH4/c1-7-4-3-5-9(8(7)2)10-6-11;/h3-6H,1-2H3,(H,10,11);1H4. The molecule has 12 heavy (non-hydrogen) atoms. The van der Waals surface area contributed by atoms with Gasteiger partial charge in [0.25, 0.3) is 0 Å². The summed E-state index contributed by atoms with van der Waals surface area (Å²) in [5, 5.41) is 2.64. The summed E-state index contributed by atoms with van der Waals surface area (Å²) < 4.78 is 0. The summed E-state index contributed by atoms with van der Waals surface area (Å²) in [6.45, 7) is 4.01. The van der Waals surface area contributed by atoms with E-state index in [2.05, 4.69) is 5.32 Å². The van der Waals surface area contributed by atoms with Gasteiger partial charge in [-0.2, -0.15) is 0 Å². The Kier molecular flexibility index (Phi) is 4.05. The Hall–Kier alpha value is -1.31. The molecular formula is C10H15NO. The Morgan fingerprint density at radius 3 is 2.58 bits per heavy atom.